The lowest BCUT2D eigenvalue weighted by Crippen LogP contribution is -2.33. The molecule has 0 spiro atoms. The van der Waals surface area contributed by atoms with Crippen LogP contribution in [0.1, 0.15) is 30.9 Å². The predicted molar refractivity (Wildman–Crippen MR) is 76.2 cm³/mol. The minimum atomic E-state index is -0.0663. The topological polar surface area (TPSA) is 45.0 Å². The van der Waals surface area contributed by atoms with Gasteiger partial charge in [-0.2, -0.15) is 5.26 Å². The molecule has 0 bridgehead atoms. The third-order valence-electron chi connectivity index (χ3n) is 3.96. The fourth-order valence-corrected chi connectivity index (χ4v) is 2.28. The number of ether oxygens (including phenoxy) is 1. The Bertz CT molecular complexity index is 486. The Hall–Kier alpha value is -1.53. The van der Waals surface area contributed by atoms with Crippen molar-refractivity contribution in [3.05, 3.63) is 29.3 Å². The van der Waals surface area contributed by atoms with Crippen LogP contribution in [0.2, 0.25) is 0 Å². The van der Waals surface area contributed by atoms with Crippen molar-refractivity contribution in [3.63, 3.8) is 0 Å². The van der Waals surface area contributed by atoms with E-state index >= 15 is 0 Å². The van der Waals surface area contributed by atoms with Gasteiger partial charge >= 0.3 is 0 Å². The van der Waals surface area contributed by atoms with Gasteiger partial charge in [-0.3, -0.25) is 0 Å². The number of nitrogens with zero attached hydrogens (tertiary/aromatic N) is 1. The second-order valence-corrected chi connectivity index (χ2v) is 5.67. The van der Waals surface area contributed by atoms with Gasteiger partial charge < -0.3 is 10.1 Å². The molecular weight excluding hydrogens is 236 g/mol. The van der Waals surface area contributed by atoms with E-state index in [1.54, 1.807) is 7.11 Å². The molecule has 0 amide bonds. The van der Waals surface area contributed by atoms with Crippen molar-refractivity contribution in [2.24, 2.45) is 5.41 Å². The van der Waals surface area contributed by atoms with E-state index in [2.05, 4.69) is 37.4 Å². The molecule has 1 fully saturated rings. The molecule has 0 heterocycles. The van der Waals surface area contributed by atoms with Crippen LogP contribution in [0.3, 0.4) is 0 Å². The Morgan fingerprint density at radius 3 is 2.74 bits per heavy atom. The van der Waals surface area contributed by atoms with E-state index in [4.69, 9.17) is 10.00 Å². The first-order valence-corrected chi connectivity index (χ1v) is 6.87. The summed E-state index contributed by atoms with van der Waals surface area (Å²) >= 11 is 0. The zero-order chi connectivity index (χ0) is 13.9. The van der Waals surface area contributed by atoms with Gasteiger partial charge in [-0.05, 0) is 56.4 Å². The maximum atomic E-state index is 9.06. The summed E-state index contributed by atoms with van der Waals surface area (Å²) in [6.45, 7) is 5.11. The fourth-order valence-electron chi connectivity index (χ4n) is 2.28. The molecule has 0 aromatic heterocycles. The lowest BCUT2D eigenvalue weighted by Gasteiger charge is -2.17. The van der Waals surface area contributed by atoms with Crippen LogP contribution in [0.5, 0.6) is 5.75 Å². The molecule has 0 saturated heterocycles. The minimum absolute atomic E-state index is 0.0663. The van der Waals surface area contributed by atoms with E-state index in [9.17, 15) is 0 Å². The highest BCUT2D eigenvalue weighted by atomic mass is 16.5. The van der Waals surface area contributed by atoms with E-state index in [0.29, 0.717) is 6.04 Å². The van der Waals surface area contributed by atoms with Crippen LogP contribution in [0, 0.1) is 23.7 Å². The van der Waals surface area contributed by atoms with Gasteiger partial charge in [0.2, 0.25) is 0 Å². The average molecular weight is 258 g/mol. The monoisotopic (exact) mass is 258 g/mol. The quantitative estimate of drug-likeness (QED) is 0.853. The number of hydrogen-bond donors (Lipinski definition) is 1. The molecule has 0 aliphatic heterocycles. The SMILES string of the molecule is COc1ccc(CC(C)NCC2(C#N)CC2)c(C)c1. The molecular formula is C16H22N2O. The molecule has 1 saturated carbocycles. The van der Waals surface area contributed by atoms with Gasteiger partial charge in [0.05, 0.1) is 18.6 Å². The van der Waals surface area contributed by atoms with Crippen molar-refractivity contribution in [1.82, 2.24) is 5.32 Å². The van der Waals surface area contributed by atoms with Gasteiger partial charge in [0.15, 0.2) is 0 Å². The van der Waals surface area contributed by atoms with Crippen molar-refractivity contribution < 1.29 is 4.74 Å². The predicted octanol–water partition coefficient (Wildman–Crippen LogP) is 2.83. The summed E-state index contributed by atoms with van der Waals surface area (Å²) in [7, 11) is 1.69. The van der Waals surface area contributed by atoms with Gasteiger partial charge in [0, 0.05) is 12.6 Å². The highest BCUT2D eigenvalue weighted by Gasteiger charge is 2.42. The first kappa shape index (κ1) is 13.9. The van der Waals surface area contributed by atoms with E-state index in [0.717, 1.165) is 31.6 Å². The first-order valence-electron chi connectivity index (χ1n) is 6.87. The fraction of sp³-hybridized carbons (Fsp3) is 0.562. The van der Waals surface area contributed by atoms with Gasteiger partial charge in [-0.1, -0.05) is 6.07 Å². The molecule has 102 valence electrons. The van der Waals surface area contributed by atoms with Crippen LogP contribution < -0.4 is 10.1 Å². The molecule has 1 aromatic carbocycles. The maximum absolute atomic E-state index is 9.06. The number of benzene rings is 1. The first-order chi connectivity index (χ1) is 9.08. The standard InChI is InChI=1S/C16H22N2O/c1-12-8-15(19-3)5-4-14(12)9-13(2)18-11-16(10-17)6-7-16/h4-5,8,13,18H,6-7,9,11H2,1-3H3. The molecule has 1 aliphatic rings. The second-order valence-electron chi connectivity index (χ2n) is 5.67. The number of rotatable bonds is 6. The summed E-state index contributed by atoms with van der Waals surface area (Å²) in [5, 5.41) is 12.5. The molecule has 1 aromatic rings. The smallest absolute Gasteiger partial charge is 0.119 e. The van der Waals surface area contributed by atoms with Crippen LogP contribution in [0.4, 0.5) is 0 Å². The van der Waals surface area contributed by atoms with Gasteiger partial charge in [0.25, 0.3) is 0 Å². The van der Waals surface area contributed by atoms with Crippen LogP contribution >= 0.6 is 0 Å². The molecule has 1 atom stereocenters. The Labute approximate surface area is 115 Å². The number of methoxy groups -OCH3 is 1. The zero-order valence-corrected chi connectivity index (χ0v) is 12.0. The van der Waals surface area contributed by atoms with Crippen LogP contribution in [0.25, 0.3) is 0 Å². The molecule has 0 radical (unpaired) electrons. The summed E-state index contributed by atoms with van der Waals surface area (Å²) in [6.07, 6.45) is 3.08. The van der Waals surface area contributed by atoms with Crippen LogP contribution in [0.15, 0.2) is 18.2 Å². The van der Waals surface area contributed by atoms with Crippen molar-refractivity contribution >= 4 is 0 Å². The second kappa shape index (κ2) is 5.63. The van der Waals surface area contributed by atoms with Crippen LogP contribution in [-0.2, 0) is 6.42 Å². The lowest BCUT2D eigenvalue weighted by atomic mass is 10.0. The van der Waals surface area contributed by atoms with Crippen molar-refractivity contribution in [2.75, 3.05) is 13.7 Å². The van der Waals surface area contributed by atoms with Crippen LogP contribution in [-0.4, -0.2) is 19.7 Å². The number of hydrogen-bond acceptors (Lipinski definition) is 3. The normalized spacial score (nSPS) is 17.6. The maximum Gasteiger partial charge on any atom is 0.119 e. The van der Waals surface area contributed by atoms with Crippen molar-refractivity contribution in [3.8, 4) is 11.8 Å². The summed E-state index contributed by atoms with van der Waals surface area (Å²) in [5.41, 5.74) is 2.53. The largest absolute Gasteiger partial charge is 0.497 e. The molecule has 2 rings (SSSR count). The number of nitriles is 1. The van der Waals surface area contributed by atoms with E-state index < -0.39 is 0 Å². The van der Waals surface area contributed by atoms with Gasteiger partial charge in [0.1, 0.15) is 5.75 Å². The molecule has 1 aliphatic carbocycles. The van der Waals surface area contributed by atoms with Crippen molar-refractivity contribution in [2.45, 2.75) is 39.2 Å². The Morgan fingerprint density at radius 1 is 1.47 bits per heavy atom. The average Bonchev–Trinajstić information content (AvgIpc) is 3.19. The Balaban J connectivity index is 1.88. The van der Waals surface area contributed by atoms with Gasteiger partial charge in [-0.15, -0.1) is 0 Å². The molecule has 3 nitrogen and oxygen atoms in total. The zero-order valence-electron chi connectivity index (χ0n) is 12.0. The van der Waals surface area contributed by atoms with E-state index in [1.807, 2.05) is 6.07 Å². The van der Waals surface area contributed by atoms with Crippen molar-refractivity contribution in [1.29, 1.82) is 5.26 Å². The summed E-state index contributed by atoms with van der Waals surface area (Å²) in [4.78, 5) is 0. The minimum Gasteiger partial charge on any atom is -0.497 e. The molecule has 1 N–H and O–H groups in total. The Kier molecular flexibility index (Phi) is 4.11. The van der Waals surface area contributed by atoms with E-state index in [-0.39, 0.29) is 5.41 Å². The molecule has 3 heteroatoms. The summed E-state index contributed by atoms with van der Waals surface area (Å²) < 4.78 is 5.22. The highest BCUT2D eigenvalue weighted by molar-refractivity contribution is 5.35. The van der Waals surface area contributed by atoms with E-state index in [1.165, 1.54) is 11.1 Å². The molecule has 1 unspecified atom stereocenters. The molecule has 19 heavy (non-hydrogen) atoms. The lowest BCUT2D eigenvalue weighted by molar-refractivity contribution is 0.414. The highest BCUT2D eigenvalue weighted by Crippen LogP contribution is 2.44. The number of aryl methyl sites for hydroxylation is 1. The van der Waals surface area contributed by atoms with Gasteiger partial charge in [-0.25, -0.2) is 0 Å². The third-order valence-corrected chi connectivity index (χ3v) is 3.96. The summed E-state index contributed by atoms with van der Waals surface area (Å²) in [5.74, 6) is 0.906. The Morgan fingerprint density at radius 2 is 2.21 bits per heavy atom. The number of nitrogens with one attached hydrogen (secondary N) is 1. The third kappa shape index (κ3) is 3.48. The summed E-state index contributed by atoms with van der Waals surface area (Å²) in [6, 6.07) is 9.01.